The number of imidazole rings is 1. The van der Waals surface area contributed by atoms with Crippen LogP contribution in [0.15, 0.2) is 29.6 Å². The Kier molecular flexibility index (Phi) is 3.11. The summed E-state index contributed by atoms with van der Waals surface area (Å²) < 4.78 is 1.99. The lowest BCUT2D eigenvalue weighted by molar-refractivity contribution is -0.102. The van der Waals surface area contributed by atoms with Crippen LogP contribution in [-0.4, -0.2) is 26.6 Å². The highest BCUT2D eigenvalue weighted by atomic mass is 16.1. The van der Waals surface area contributed by atoms with Crippen LogP contribution < -0.4 is 11.6 Å². The standard InChI is InChI=1S/C13H16N6O/c14-12(8-20)17-19(15)7-11-6-18-5-10(9-1-2-9)3-4-13(18)16-11/h3-6,8-9H,1-2,7,15H2,(H2,14,17). The Labute approximate surface area is 115 Å². The number of pyridine rings is 1. The summed E-state index contributed by atoms with van der Waals surface area (Å²) in [5, 5.41) is 4.81. The van der Waals surface area contributed by atoms with Gasteiger partial charge in [0.05, 0.1) is 12.2 Å². The Morgan fingerprint density at radius 3 is 3.00 bits per heavy atom. The topological polar surface area (TPSA) is 102 Å². The molecular weight excluding hydrogens is 256 g/mol. The van der Waals surface area contributed by atoms with Gasteiger partial charge in [0.2, 0.25) is 0 Å². The molecule has 2 aromatic heterocycles. The second kappa shape index (κ2) is 4.93. The van der Waals surface area contributed by atoms with Crippen LogP contribution >= 0.6 is 0 Å². The van der Waals surface area contributed by atoms with E-state index in [1.54, 1.807) is 0 Å². The maximum Gasteiger partial charge on any atom is 0.186 e. The second-order valence-corrected chi connectivity index (χ2v) is 4.97. The zero-order valence-electron chi connectivity index (χ0n) is 10.9. The van der Waals surface area contributed by atoms with Crippen molar-refractivity contribution in [1.82, 2.24) is 14.5 Å². The Bertz CT molecular complexity index is 673. The Balaban J connectivity index is 1.80. The highest BCUT2D eigenvalue weighted by molar-refractivity contribution is 6.26. The number of amidine groups is 1. The van der Waals surface area contributed by atoms with Crippen molar-refractivity contribution in [2.24, 2.45) is 16.7 Å². The van der Waals surface area contributed by atoms with Crippen molar-refractivity contribution in [3.8, 4) is 0 Å². The highest BCUT2D eigenvalue weighted by Crippen LogP contribution is 2.39. The Morgan fingerprint density at radius 1 is 1.50 bits per heavy atom. The first-order valence-corrected chi connectivity index (χ1v) is 6.45. The minimum atomic E-state index is -0.160. The first-order chi connectivity index (χ1) is 9.65. The molecule has 1 aliphatic rings. The average molecular weight is 272 g/mol. The van der Waals surface area contributed by atoms with Gasteiger partial charge in [-0.2, -0.15) is 0 Å². The van der Waals surface area contributed by atoms with E-state index >= 15 is 0 Å². The van der Waals surface area contributed by atoms with E-state index in [2.05, 4.69) is 22.3 Å². The molecule has 0 aromatic carbocycles. The van der Waals surface area contributed by atoms with Gasteiger partial charge in [0.25, 0.3) is 0 Å². The van der Waals surface area contributed by atoms with Crippen molar-refractivity contribution < 1.29 is 4.79 Å². The number of rotatable bonds is 5. The summed E-state index contributed by atoms with van der Waals surface area (Å²) >= 11 is 0. The lowest BCUT2D eigenvalue weighted by Gasteiger charge is -2.09. The molecule has 1 aliphatic carbocycles. The van der Waals surface area contributed by atoms with Crippen molar-refractivity contribution in [2.45, 2.75) is 25.3 Å². The lowest BCUT2D eigenvalue weighted by atomic mass is 10.2. The number of fused-ring (bicyclic) bond motifs is 1. The molecule has 0 bridgehead atoms. The van der Waals surface area contributed by atoms with Crippen LogP contribution in [0.5, 0.6) is 0 Å². The second-order valence-electron chi connectivity index (χ2n) is 4.97. The molecular formula is C13H16N6O. The quantitative estimate of drug-likeness (QED) is 0.269. The molecule has 0 unspecified atom stereocenters. The molecule has 3 rings (SSSR count). The number of aromatic nitrogens is 2. The van der Waals surface area contributed by atoms with E-state index in [4.69, 9.17) is 11.6 Å². The molecule has 1 saturated carbocycles. The molecule has 4 N–H and O–H groups in total. The van der Waals surface area contributed by atoms with E-state index in [0.717, 1.165) is 16.5 Å². The first kappa shape index (κ1) is 12.6. The first-order valence-electron chi connectivity index (χ1n) is 6.45. The fourth-order valence-electron chi connectivity index (χ4n) is 2.17. The summed E-state index contributed by atoms with van der Waals surface area (Å²) in [4.78, 5) is 14.8. The smallest absolute Gasteiger partial charge is 0.186 e. The summed E-state index contributed by atoms with van der Waals surface area (Å²) in [5.74, 6) is 6.19. The van der Waals surface area contributed by atoms with Gasteiger partial charge in [-0.25, -0.2) is 15.9 Å². The van der Waals surface area contributed by atoms with Gasteiger partial charge in [-0.1, -0.05) is 6.07 Å². The number of hydrogen-bond donors (Lipinski definition) is 2. The molecule has 2 heterocycles. The van der Waals surface area contributed by atoms with E-state index in [0.29, 0.717) is 12.2 Å². The van der Waals surface area contributed by atoms with Gasteiger partial charge in [0.15, 0.2) is 12.1 Å². The fraction of sp³-hybridized carbons (Fsp3) is 0.308. The van der Waals surface area contributed by atoms with Crippen molar-refractivity contribution >= 4 is 17.8 Å². The van der Waals surface area contributed by atoms with E-state index in [9.17, 15) is 4.79 Å². The Morgan fingerprint density at radius 2 is 2.30 bits per heavy atom. The summed E-state index contributed by atoms with van der Waals surface area (Å²) in [5.41, 5.74) is 8.27. The fourth-order valence-corrected chi connectivity index (χ4v) is 2.17. The third kappa shape index (κ3) is 2.62. The van der Waals surface area contributed by atoms with Crippen LogP contribution in [-0.2, 0) is 11.3 Å². The molecule has 0 saturated heterocycles. The number of aldehydes is 1. The van der Waals surface area contributed by atoms with Crippen molar-refractivity contribution in [2.75, 3.05) is 0 Å². The molecule has 0 amide bonds. The molecule has 0 aliphatic heterocycles. The van der Waals surface area contributed by atoms with E-state index in [-0.39, 0.29) is 12.4 Å². The number of nitrogens with two attached hydrogens (primary N) is 2. The number of carbonyl (C=O) groups is 1. The van der Waals surface area contributed by atoms with Crippen LogP contribution in [0.1, 0.15) is 30.0 Å². The van der Waals surface area contributed by atoms with Crippen molar-refractivity contribution in [3.05, 3.63) is 35.8 Å². The third-order valence-electron chi connectivity index (χ3n) is 3.26. The van der Waals surface area contributed by atoms with Crippen LogP contribution in [0, 0.1) is 0 Å². The van der Waals surface area contributed by atoms with Crippen molar-refractivity contribution in [1.29, 1.82) is 0 Å². The van der Waals surface area contributed by atoms with Gasteiger partial charge in [0, 0.05) is 12.4 Å². The predicted molar refractivity (Wildman–Crippen MR) is 74.6 cm³/mol. The number of hydrazine groups is 1. The van der Waals surface area contributed by atoms with Gasteiger partial charge in [-0.3, -0.25) is 4.79 Å². The van der Waals surface area contributed by atoms with Gasteiger partial charge in [-0.15, -0.1) is 5.10 Å². The average Bonchev–Trinajstić information content (AvgIpc) is 3.19. The molecule has 2 aromatic rings. The normalized spacial score (nSPS) is 15.6. The van der Waals surface area contributed by atoms with Crippen LogP contribution in [0.3, 0.4) is 0 Å². The maximum absolute atomic E-state index is 10.4. The van der Waals surface area contributed by atoms with Crippen LogP contribution in [0.4, 0.5) is 0 Å². The summed E-state index contributed by atoms with van der Waals surface area (Å²) in [6.45, 7) is 0.287. The minimum absolute atomic E-state index is 0.160. The molecule has 0 radical (unpaired) electrons. The summed E-state index contributed by atoms with van der Waals surface area (Å²) in [6.07, 6.45) is 7.00. The number of hydrazone groups is 1. The molecule has 7 heteroatoms. The number of carbonyl (C=O) groups excluding carboxylic acids is 1. The van der Waals surface area contributed by atoms with Crippen LogP contribution in [0.25, 0.3) is 5.65 Å². The minimum Gasteiger partial charge on any atom is -0.380 e. The molecule has 7 nitrogen and oxygen atoms in total. The van der Waals surface area contributed by atoms with E-state index in [1.165, 1.54) is 18.4 Å². The molecule has 20 heavy (non-hydrogen) atoms. The van der Waals surface area contributed by atoms with E-state index in [1.807, 2.05) is 16.7 Å². The summed E-state index contributed by atoms with van der Waals surface area (Å²) in [6, 6.07) is 4.12. The zero-order chi connectivity index (χ0) is 14.1. The molecule has 1 fully saturated rings. The Hall–Kier alpha value is -2.41. The third-order valence-corrected chi connectivity index (χ3v) is 3.26. The predicted octanol–water partition coefficient (Wildman–Crippen LogP) is 0.358. The SMILES string of the molecule is N/C(C=O)=N\N(N)Cc1cn2cc(C3CC3)ccc2n1. The maximum atomic E-state index is 10.4. The number of nitrogens with zero attached hydrogens (tertiary/aromatic N) is 4. The molecule has 0 atom stereocenters. The number of hydrogen-bond acceptors (Lipinski definition) is 5. The highest BCUT2D eigenvalue weighted by Gasteiger charge is 2.23. The van der Waals surface area contributed by atoms with E-state index < -0.39 is 0 Å². The van der Waals surface area contributed by atoms with Crippen molar-refractivity contribution in [3.63, 3.8) is 0 Å². The van der Waals surface area contributed by atoms with Gasteiger partial charge >= 0.3 is 0 Å². The van der Waals surface area contributed by atoms with Gasteiger partial charge in [-0.05, 0) is 30.4 Å². The largest absolute Gasteiger partial charge is 0.380 e. The summed E-state index contributed by atoms with van der Waals surface area (Å²) in [7, 11) is 0. The molecule has 0 spiro atoms. The van der Waals surface area contributed by atoms with Gasteiger partial charge < -0.3 is 10.1 Å². The zero-order valence-corrected chi connectivity index (χ0v) is 10.9. The molecule has 104 valence electrons. The van der Waals surface area contributed by atoms with Gasteiger partial charge in [0.1, 0.15) is 5.65 Å². The lowest BCUT2D eigenvalue weighted by Crippen LogP contribution is -2.29. The monoisotopic (exact) mass is 272 g/mol. The van der Waals surface area contributed by atoms with Crippen LogP contribution in [0.2, 0.25) is 0 Å².